The number of hydrogen-bond acceptors (Lipinski definition) is 1. The Hall–Kier alpha value is -0.210. The Kier molecular flexibility index (Phi) is 5.63. The van der Waals surface area contributed by atoms with Gasteiger partial charge in [0.1, 0.15) is 5.75 Å². The number of ether oxygens (including phenoxy) is 1. The number of halogens is 2. The zero-order valence-electron chi connectivity index (χ0n) is 10.0. The summed E-state index contributed by atoms with van der Waals surface area (Å²) in [5.74, 6) is 1.38. The van der Waals surface area contributed by atoms with Crippen LogP contribution >= 0.6 is 27.5 Å². The van der Waals surface area contributed by atoms with E-state index < -0.39 is 0 Å². The van der Waals surface area contributed by atoms with Crippen molar-refractivity contribution < 1.29 is 4.74 Å². The lowest BCUT2D eigenvalue weighted by Crippen LogP contribution is -2.01. The van der Waals surface area contributed by atoms with E-state index >= 15 is 0 Å². The third-order valence-electron chi connectivity index (χ3n) is 2.45. The van der Waals surface area contributed by atoms with Gasteiger partial charge in [-0.1, -0.05) is 41.4 Å². The number of benzene rings is 1. The second-order valence-corrected chi connectivity index (χ2v) is 5.39. The predicted molar refractivity (Wildman–Crippen MR) is 74.2 cm³/mol. The second-order valence-electron chi connectivity index (χ2n) is 4.18. The Balaban J connectivity index is 2.87. The molecule has 90 valence electrons. The van der Waals surface area contributed by atoms with Crippen molar-refractivity contribution in [1.82, 2.24) is 0 Å². The molecule has 3 heteroatoms. The highest BCUT2D eigenvalue weighted by molar-refractivity contribution is 9.09. The fraction of sp³-hybridized carbons (Fsp3) is 0.538. The van der Waals surface area contributed by atoms with E-state index in [1.165, 1.54) is 0 Å². The molecule has 0 saturated heterocycles. The average molecular weight is 306 g/mol. The summed E-state index contributed by atoms with van der Waals surface area (Å²) < 4.78 is 5.73. The minimum absolute atomic E-state index is 0.423. The van der Waals surface area contributed by atoms with Gasteiger partial charge in [-0.05, 0) is 42.5 Å². The van der Waals surface area contributed by atoms with Crippen molar-refractivity contribution in [2.75, 3.05) is 11.9 Å². The molecule has 0 radical (unpaired) electrons. The van der Waals surface area contributed by atoms with Gasteiger partial charge in [0.25, 0.3) is 0 Å². The molecular weight excluding hydrogens is 287 g/mol. The minimum atomic E-state index is 0.423. The highest BCUT2D eigenvalue weighted by Crippen LogP contribution is 2.31. The van der Waals surface area contributed by atoms with Gasteiger partial charge in [-0.25, -0.2) is 0 Å². The molecule has 1 rings (SSSR count). The Bertz CT molecular complexity index is 350. The molecule has 0 N–H and O–H groups in total. The molecule has 0 atom stereocenters. The lowest BCUT2D eigenvalue weighted by atomic mass is 10.0. The van der Waals surface area contributed by atoms with E-state index in [2.05, 4.69) is 35.8 Å². The van der Waals surface area contributed by atoms with Gasteiger partial charge in [0.15, 0.2) is 0 Å². The summed E-state index contributed by atoms with van der Waals surface area (Å²) in [5, 5.41) is 1.80. The van der Waals surface area contributed by atoms with E-state index in [1.807, 2.05) is 13.0 Å². The fourth-order valence-electron chi connectivity index (χ4n) is 1.50. The van der Waals surface area contributed by atoms with E-state index in [0.717, 1.165) is 40.3 Å². The van der Waals surface area contributed by atoms with Crippen molar-refractivity contribution in [3.63, 3.8) is 0 Å². The smallest absolute Gasteiger partial charge is 0.122 e. The van der Waals surface area contributed by atoms with E-state index in [4.69, 9.17) is 16.3 Å². The summed E-state index contributed by atoms with van der Waals surface area (Å²) in [5.41, 5.74) is 2.25. The first kappa shape index (κ1) is 13.9. The first-order valence-corrected chi connectivity index (χ1v) is 7.05. The lowest BCUT2D eigenvalue weighted by Gasteiger charge is -2.14. The summed E-state index contributed by atoms with van der Waals surface area (Å²) in [6, 6.07) is 4.05. The molecule has 0 heterocycles. The van der Waals surface area contributed by atoms with Crippen molar-refractivity contribution in [2.45, 2.75) is 33.1 Å². The topological polar surface area (TPSA) is 9.23 Å². The normalized spacial score (nSPS) is 10.9. The van der Waals surface area contributed by atoms with Crippen LogP contribution in [0.2, 0.25) is 5.02 Å². The highest BCUT2D eigenvalue weighted by atomic mass is 79.9. The van der Waals surface area contributed by atoms with Crippen molar-refractivity contribution in [3.05, 3.63) is 28.3 Å². The largest absolute Gasteiger partial charge is 0.493 e. The molecule has 1 nitrogen and oxygen atoms in total. The quantitative estimate of drug-likeness (QED) is 0.553. The molecule has 0 bridgehead atoms. The van der Waals surface area contributed by atoms with Crippen LogP contribution in [0.4, 0.5) is 0 Å². The SMILES string of the molecule is Cc1cc(Cl)c(C(C)C)cc1OCCCBr. The molecule has 0 saturated carbocycles. The van der Waals surface area contributed by atoms with E-state index in [-0.39, 0.29) is 0 Å². The van der Waals surface area contributed by atoms with Crippen molar-refractivity contribution >= 4 is 27.5 Å². The molecule has 0 aliphatic rings. The van der Waals surface area contributed by atoms with Crippen LogP contribution in [-0.2, 0) is 0 Å². The molecule has 0 unspecified atom stereocenters. The van der Waals surface area contributed by atoms with E-state index in [0.29, 0.717) is 5.92 Å². The van der Waals surface area contributed by atoms with E-state index in [1.54, 1.807) is 0 Å². The Labute approximate surface area is 111 Å². The Morgan fingerprint density at radius 1 is 1.38 bits per heavy atom. The summed E-state index contributed by atoms with van der Waals surface area (Å²) >= 11 is 9.58. The minimum Gasteiger partial charge on any atom is -0.493 e. The highest BCUT2D eigenvalue weighted by Gasteiger charge is 2.09. The molecule has 1 aromatic carbocycles. The van der Waals surface area contributed by atoms with E-state index in [9.17, 15) is 0 Å². The summed E-state index contributed by atoms with van der Waals surface area (Å²) in [7, 11) is 0. The van der Waals surface area contributed by atoms with Crippen molar-refractivity contribution in [2.24, 2.45) is 0 Å². The molecule has 0 aliphatic carbocycles. The van der Waals surface area contributed by atoms with Gasteiger partial charge in [0.05, 0.1) is 6.61 Å². The third kappa shape index (κ3) is 3.67. The van der Waals surface area contributed by atoms with Crippen LogP contribution in [0.1, 0.15) is 37.3 Å². The van der Waals surface area contributed by atoms with Crippen LogP contribution in [0.15, 0.2) is 12.1 Å². The lowest BCUT2D eigenvalue weighted by molar-refractivity contribution is 0.316. The van der Waals surface area contributed by atoms with Gasteiger partial charge in [-0.3, -0.25) is 0 Å². The molecule has 16 heavy (non-hydrogen) atoms. The number of rotatable bonds is 5. The summed E-state index contributed by atoms with van der Waals surface area (Å²) in [6.45, 7) is 7.04. The number of aryl methyl sites for hydroxylation is 1. The van der Waals surface area contributed by atoms with Crippen LogP contribution in [0.25, 0.3) is 0 Å². The summed E-state index contributed by atoms with van der Waals surface area (Å²) in [6.07, 6.45) is 1.01. The maximum atomic E-state index is 6.19. The van der Waals surface area contributed by atoms with Crippen LogP contribution < -0.4 is 4.74 Å². The summed E-state index contributed by atoms with van der Waals surface area (Å²) in [4.78, 5) is 0. The van der Waals surface area contributed by atoms with Gasteiger partial charge in [-0.15, -0.1) is 0 Å². The maximum absolute atomic E-state index is 6.19. The molecular formula is C13H18BrClO. The van der Waals surface area contributed by atoms with Gasteiger partial charge in [0, 0.05) is 10.4 Å². The second kappa shape index (κ2) is 6.51. The monoisotopic (exact) mass is 304 g/mol. The Morgan fingerprint density at radius 3 is 2.62 bits per heavy atom. The zero-order valence-corrected chi connectivity index (χ0v) is 12.4. The molecule has 0 aliphatic heterocycles. The first-order valence-electron chi connectivity index (χ1n) is 5.55. The third-order valence-corrected chi connectivity index (χ3v) is 3.34. The molecule has 0 amide bonds. The van der Waals surface area contributed by atoms with Crippen LogP contribution in [0.5, 0.6) is 5.75 Å². The Morgan fingerprint density at radius 2 is 2.06 bits per heavy atom. The van der Waals surface area contributed by atoms with Crippen molar-refractivity contribution in [3.8, 4) is 5.75 Å². The molecule has 0 spiro atoms. The van der Waals surface area contributed by atoms with Crippen LogP contribution in [-0.4, -0.2) is 11.9 Å². The van der Waals surface area contributed by atoms with Crippen LogP contribution in [0.3, 0.4) is 0 Å². The maximum Gasteiger partial charge on any atom is 0.122 e. The fourth-order valence-corrected chi connectivity index (χ4v) is 2.17. The van der Waals surface area contributed by atoms with Gasteiger partial charge >= 0.3 is 0 Å². The predicted octanol–water partition coefficient (Wildman–Crippen LogP) is 4.94. The molecule has 0 aromatic heterocycles. The molecule has 0 fully saturated rings. The first-order chi connectivity index (χ1) is 7.56. The van der Waals surface area contributed by atoms with Gasteiger partial charge < -0.3 is 4.74 Å². The molecule has 1 aromatic rings. The number of hydrogen-bond donors (Lipinski definition) is 0. The van der Waals surface area contributed by atoms with Gasteiger partial charge in [0.2, 0.25) is 0 Å². The average Bonchev–Trinajstić information content (AvgIpc) is 2.21. The number of alkyl halides is 1. The van der Waals surface area contributed by atoms with Crippen LogP contribution in [0, 0.1) is 6.92 Å². The van der Waals surface area contributed by atoms with Crippen molar-refractivity contribution in [1.29, 1.82) is 0 Å². The zero-order chi connectivity index (χ0) is 12.1. The standard InChI is InChI=1S/C13H18BrClO/c1-9(2)11-8-13(16-6-4-5-14)10(3)7-12(11)15/h7-9H,4-6H2,1-3H3. The van der Waals surface area contributed by atoms with Gasteiger partial charge in [-0.2, -0.15) is 0 Å².